The molecule has 0 saturated heterocycles. The molecule has 0 radical (unpaired) electrons. The fourth-order valence-electron chi connectivity index (χ4n) is 2.36. The number of nitrogens with two attached hydrogens (primary N) is 1. The molecule has 2 aromatic rings. The lowest BCUT2D eigenvalue weighted by Crippen LogP contribution is -2.30. The van der Waals surface area contributed by atoms with Crippen LogP contribution >= 0.6 is 27.5 Å². The van der Waals surface area contributed by atoms with Gasteiger partial charge in [0, 0.05) is 13.0 Å². The van der Waals surface area contributed by atoms with Crippen LogP contribution in [-0.2, 0) is 25.8 Å². The second-order valence-electron chi connectivity index (χ2n) is 4.74. The van der Waals surface area contributed by atoms with Crippen LogP contribution in [0.5, 0.6) is 0 Å². The Morgan fingerprint density at radius 3 is 2.57 bits per heavy atom. The molecule has 116 valence electrons. The van der Waals surface area contributed by atoms with Crippen LogP contribution in [0.25, 0.3) is 0 Å². The minimum absolute atomic E-state index is 0.00274. The molecule has 0 aliphatic rings. The van der Waals surface area contributed by atoms with Gasteiger partial charge in [0.2, 0.25) is 0 Å². The van der Waals surface area contributed by atoms with E-state index in [4.69, 9.17) is 5.84 Å². The average molecular weight is 373 g/mol. The molecule has 3 N–H and O–H groups in total. The van der Waals surface area contributed by atoms with Crippen LogP contribution in [0, 0.1) is 0 Å². The van der Waals surface area contributed by atoms with Crippen LogP contribution in [0.3, 0.4) is 0 Å². The Morgan fingerprint density at radius 2 is 2.00 bits per heavy atom. The van der Waals surface area contributed by atoms with Crippen LogP contribution in [0.4, 0.5) is 0 Å². The van der Waals surface area contributed by atoms with E-state index in [1.165, 1.54) is 11.5 Å². The third kappa shape index (κ3) is 3.33. The molecule has 21 heavy (non-hydrogen) atoms. The van der Waals surface area contributed by atoms with Crippen molar-refractivity contribution < 1.29 is 0 Å². The number of aryl methyl sites for hydroxylation is 3. The Bertz CT molecular complexity index is 593. The van der Waals surface area contributed by atoms with Gasteiger partial charge in [0.15, 0.2) is 0 Å². The number of halogens is 1. The lowest BCUT2D eigenvalue weighted by atomic mass is 10.1. The Balaban J connectivity index is 2.33. The van der Waals surface area contributed by atoms with Gasteiger partial charge in [-0.05, 0) is 47.2 Å². The number of nitrogens with one attached hydrogen (secondary N) is 1. The standard InChI is InChI=1S/C13H21BrN6S/c1-4-8-12(14)11(20(6-3)18-8)7-10(16-15)13-9(5-2)17-19-21-13/h10,16H,4-7,15H2,1-3H3. The third-order valence-electron chi connectivity index (χ3n) is 3.53. The van der Waals surface area contributed by atoms with Crippen LogP contribution in [0.1, 0.15) is 48.8 Å². The van der Waals surface area contributed by atoms with Gasteiger partial charge in [-0.25, -0.2) is 0 Å². The van der Waals surface area contributed by atoms with E-state index in [-0.39, 0.29) is 6.04 Å². The number of hydrogen-bond donors (Lipinski definition) is 2. The van der Waals surface area contributed by atoms with E-state index >= 15 is 0 Å². The molecule has 0 aliphatic heterocycles. The molecular formula is C13H21BrN6S. The van der Waals surface area contributed by atoms with E-state index in [1.54, 1.807) is 0 Å². The SMILES string of the molecule is CCc1nnsc1C(Cc1c(Br)c(CC)nn1CC)NN. The molecule has 8 heteroatoms. The molecule has 1 unspecified atom stereocenters. The summed E-state index contributed by atoms with van der Waals surface area (Å²) >= 11 is 5.09. The number of hydrogen-bond acceptors (Lipinski definition) is 6. The summed E-state index contributed by atoms with van der Waals surface area (Å²) in [4.78, 5) is 1.11. The molecule has 2 aromatic heterocycles. The summed E-state index contributed by atoms with van der Waals surface area (Å²) in [5, 5.41) is 8.80. The van der Waals surface area contributed by atoms with Gasteiger partial charge in [-0.3, -0.25) is 16.0 Å². The highest BCUT2D eigenvalue weighted by Crippen LogP contribution is 2.29. The second-order valence-corrected chi connectivity index (χ2v) is 6.32. The van der Waals surface area contributed by atoms with E-state index in [0.717, 1.165) is 52.2 Å². The van der Waals surface area contributed by atoms with Crippen LogP contribution in [-0.4, -0.2) is 19.4 Å². The zero-order valence-electron chi connectivity index (χ0n) is 12.6. The van der Waals surface area contributed by atoms with E-state index in [1.807, 2.05) is 4.68 Å². The maximum Gasteiger partial charge on any atom is 0.0801 e. The van der Waals surface area contributed by atoms with Gasteiger partial charge < -0.3 is 0 Å². The molecule has 2 rings (SSSR count). The van der Waals surface area contributed by atoms with E-state index < -0.39 is 0 Å². The first-order chi connectivity index (χ1) is 10.2. The van der Waals surface area contributed by atoms with Crippen molar-refractivity contribution in [2.24, 2.45) is 5.84 Å². The zero-order valence-corrected chi connectivity index (χ0v) is 15.0. The minimum Gasteiger partial charge on any atom is -0.271 e. The Kier molecular flexibility index (Phi) is 5.86. The highest BCUT2D eigenvalue weighted by Gasteiger charge is 2.22. The monoisotopic (exact) mass is 372 g/mol. The summed E-state index contributed by atoms with van der Waals surface area (Å²) in [6.45, 7) is 7.12. The number of nitrogens with zero attached hydrogens (tertiary/aromatic N) is 4. The minimum atomic E-state index is 0.00274. The molecule has 0 fully saturated rings. The number of hydrazine groups is 1. The van der Waals surface area contributed by atoms with Crippen molar-refractivity contribution in [3.63, 3.8) is 0 Å². The van der Waals surface area contributed by atoms with Gasteiger partial charge >= 0.3 is 0 Å². The Hall–Kier alpha value is -0.830. The predicted molar refractivity (Wildman–Crippen MR) is 88.0 cm³/mol. The van der Waals surface area contributed by atoms with Crippen molar-refractivity contribution in [1.82, 2.24) is 24.8 Å². The summed E-state index contributed by atoms with van der Waals surface area (Å²) in [5.74, 6) is 5.77. The van der Waals surface area contributed by atoms with Crippen LogP contribution in [0.15, 0.2) is 4.47 Å². The van der Waals surface area contributed by atoms with E-state index in [0.29, 0.717) is 0 Å². The lowest BCUT2D eigenvalue weighted by Gasteiger charge is -2.16. The normalized spacial score (nSPS) is 12.8. The molecule has 0 saturated carbocycles. The van der Waals surface area contributed by atoms with E-state index in [2.05, 4.69) is 56.8 Å². The summed E-state index contributed by atoms with van der Waals surface area (Å²) in [5.41, 5.74) is 6.16. The highest BCUT2D eigenvalue weighted by molar-refractivity contribution is 9.10. The van der Waals surface area contributed by atoms with Gasteiger partial charge in [0.1, 0.15) is 0 Å². The van der Waals surface area contributed by atoms with Gasteiger partial charge in [0.25, 0.3) is 0 Å². The van der Waals surface area contributed by atoms with Crippen molar-refractivity contribution in [2.75, 3.05) is 0 Å². The van der Waals surface area contributed by atoms with Crippen molar-refractivity contribution in [3.8, 4) is 0 Å². The van der Waals surface area contributed by atoms with Crippen LogP contribution in [0.2, 0.25) is 0 Å². The molecule has 0 aliphatic carbocycles. The fraction of sp³-hybridized carbons (Fsp3) is 0.615. The van der Waals surface area contributed by atoms with E-state index in [9.17, 15) is 0 Å². The molecule has 1 atom stereocenters. The Labute approximate surface area is 137 Å². The molecule has 2 heterocycles. The van der Waals surface area contributed by atoms with Gasteiger partial charge in [-0.1, -0.05) is 18.3 Å². The molecule has 0 bridgehead atoms. The largest absolute Gasteiger partial charge is 0.271 e. The fourth-order valence-corrected chi connectivity index (χ4v) is 3.88. The van der Waals surface area contributed by atoms with Crippen LogP contribution < -0.4 is 11.3 Å². The molecule has 0 spiro atoms. The Morgan fingerprint density at radius 1 is 1.29 bits per heavy atom. The summed E-state index contributed by atoms with van der Waals surface area (Å²) in [6, 6.07) is 0.00274. The average Bonchev–Trinajstić information content (AvgIpc) is 3.09. The summed E-state index contributed by atoms with van der Waals surface area (Å²) in [6.07, 6.45) is 2.52. The smallest absolute Gasteiger partial charge is 0.0801 e. The summed E-state index contributed by atoms with van der Waals surface area (Å²) < 4.78 is 7.17. The van der Waals surface area contributed by atoms with Crippen molar-refractivity contribution in [2.45, 2.75) is 52.6 Å². The topological polar surface area (TPSA) is 81.7 Å². The summed E-state index contributed by atoms with van der Waals surface area (Å²) in [7, 11) is 0. The number of rotatable bonds is 7. The maximum absolute atomic E-state index is 5.77. The molecular weight excluding hydrogens is 352 g/mol. The highest BCUT2D eigenvalue weighted by atomic mass is 79.9. The predicted octanol–water partition coefficient (Wildman–Crippen LogP) is 2.39. The van der Waals surface area contributed by atoms with Crippen molar-refractivity contribution >= 4 is 27.5 Å². The van der Waals surface area contributed by atoms with Gasteiger partial charge in [-0.2, -0.15) is 5.10 Å². The van der Waals surface area contributed by atoms with Crippen molar-refractivity contribution in [3.05, 3.63) is 26.4 Å². The number of aromatic nitrogens is 4. The van der Waals surface area contributed by atoms with Gasteiger partial charge in [-0.15, -0.1) is 5.10 Å². The second kappa shape index (κ2) is 7.44. The molecule has 0 amide bonds. The zero-order chi connectivity index (χ0) is 15.4. The lowest BCUT2D eigenvalue weighted by molar-refractivity contribution is 0.518. The first-order valence-corrected chi connectivity index (χ1v) is 8.74. The first-order valence-electron chi connectivity index (χ1n) is 7.17. The first kappa shape index (κ1) is 16.5. The molecule has 6 nitrogen and oxygen atoms in total. The molecule has 0 aromatic carbocycles. The third-order valence-corrected chi connectivity index (χ3v) is 5.32. The van der Waals surface area contributed by atoms with Gasteiger partial charge in [0.05, 0.1) is 32.5 Å². The van der Waals surface area contributed by atoms with Crippen molar-refractivity contribution in [1.29, 1.82) is 0 Å². The quantitative estimate of drug-likeness (QED) is 0.575. The maximum atomic E-state index is 5.77.